The number of nitro groups is 1. The van der Waals surface area contributed by atoms with Crippen LogP contribution in [0.3, 0.4) is 0 Å². The zero-order valence-corrected chi connectivity index (χ0v) is 11.0. The molecule has 0 bridgehead atoms. The van der Waals surface area contributed by atoms with E-state index in [1.165, 1.54) is 6.07 Å². The lowest BCUT2D eigenvalue weighted by molar-refractivity contribution is -0.385. The van der Waals surface area contributed by atoms with Crippen molar-refractivity contribution in [2.24, 2.45) is 5.73 Å². The van der Waals surface area contributed by atoms with Gasteiger partial charge in [0.1, 0.15) is 0 Å². The molecule has 5 heteroatoms. The molecule has 0 saturated heterocycles. The van der Waals surface area contributed by atoms with Crippen molar-refractivity contribution in [1.29, 1.82) is 0 Å². The van der Waals surface area contributed by atoms with Crippen LogP contribution in [0.15, 0.2) is 22.7 Å². The molecule has 0 atom stereocenters. The van der Waals surface area contributed by atoms with Gasteiger partial charge >= 0.3 is 0 Å². The van der Waals surface area contributed by atoms with Crippen molar-refractivity contribution in [3.63, 3.8) is 0 Å². The van der Waals surface area contributed by atoms with E-state index in [4.69, 9.17) is 5.73 Å². The van der Waals surface area contributed by atoms with Gasteiger partial charge in [-0.25, -0.2) is 0 Å². The Kier molecular flexibility index (Phi) is 4.04. The zero-order valence-electron chi connectivity index (χ0n) is 9.37. The molecule has 0 aliphatic rings. The Labute approximate surface area is 103 Å². The second-order valence-corrected chi connectivity index (χ2v) is 5.11. The van der Waals surface area contributed by atoms with E-state index in [9.17, 15) is 10.1 Å². The molecule has 0 heterocycles. The number of nitro benzene ring substituents is 1. The maximum absolute atomic E-state index is 10.8. The van der Waals surface area contributed by atoms with E-state index in [0.29, 0.717) is 11.0 Å². The first-order valence-corrected chi connectivity index (χ1v) is 5.83. The summed E-state index contributed by atoms with van der Waals surface area (Å²) in [6.07, 6.45) is 0.784. The van der Waals surface area contributed by atoms with Gasteiger partial charge in [0.25, 0.3) is 5.69 Å². The summed E-state index contributed by atoms with van der Waals surface area (Å²) >= 11 is 3.31. The summed E-state index contributed by atoms with van der Waals surface area (Å²) in [5.41, 5.74) is 6.41. The molecule has 0 spiro atoms. The maximum atomic E-state index is 10.8. The van der Waals surface area contributed by atoms with Crippen molar-refractivity contribution < 1.29 is 4.92 Å². The van der Waals surface area contributed by atoms with Gasteiger partial charge in [0.05, 0.1) is 9.40 Å². The van der Waals surface area contributed by atoms with Gasteiger partial charge in [-0.1, -0.05) is 26.0 Å². The van der Waals surface area contributed by atoms with E-state index in [-0.39, 0.29) is 16.0 Å². The largest absolute Gasteiger partial charge is 0.330 e. The fraction of sp³-hybridized carbons (Fsp3) is 0.455. The molecular formula is C11H15BrN2O2. The SMILES string of the molecule is CC(C)(CCN)c1cccc([N+](=O)[O-])c1Br. The number of nitrogens with zero attached hydrogens (tertiary/aromatic N) is 1. The van der Waals surface area contributed by atoms with Crippen LogP contribution >= 0.6 is 15.9 Å². The molecule has 88 valence electrons. The number of nitrogens with two attached hydrogens (primary N) is 1. The summed E-state index contributed by atoms with van der Waals surface area (Å²) in [4.78, 5) is 10.4. The van der Waals surface area contributed by atoms with E-state index in [2.05, 4.69) is 15.9 Å². The van der Waals surface area contributed by atoms with E-state index in [1.54, 1.807) is 6.07 Å². The van der Waals surface area contributed by atoms with Crippen molar-refractivity contribution in [2.45, 2.75) is 25.7 Å². The third-order valence-corrected chi connectivity index (χ3v) is 3.51. The first-order valence-electron chi connectivity index (χ1n) is 5.03. The molecule has 0 aliphatic carbocycles. The quantitative estimate of drug-likeness (QED) is 0.683. The lowest BCUT2D eigenvalue weighted by Gasteiger charge is -2.25. The minimum Gasteiger partial charge on any atom is -0.330 e. The van der Waals surface area contributed by atoms with E-state index >= 15 is 0 Å². The highest BCUT2D eigenvalue weighted by Crippen LogP contribution is 2.37. The first kappa shape index (κ1) is 13.1. The van der Waals surface area contributed by atoms with Crippen LogP contribution in [0, 0.1) is 10.1 Å². The average Bonchev–Trinajstić information content (AvgIpc) is 2.17. The normalized spacial score (nSPS) is 11.5. The van der Waals surface area contributed by atoms with Gasteiger partial charge in [-0.3, -0.25) is 10.1 Å². The van der Waals surface area contributed by atoms with Gasteiger partial charge in [0.15, 0.2) is 0 Å². The second-order valence-electron chi connectivity index (χ2n) is 4.32. The monoisotopic (exact) mass is 286 g/mol. The zero-order chi connectivity index (χ0) is 12.3. The molecule has 0 radical (unpaired) electrons. The molecule has 0 unspecified atom stereocenters. The molecule has 1 aromatic rings. The second kappa shape index (κ2) is 4.93. The number of rotatable bonds is 4. The Morgan fingerprint density at radius 1 is 1.50 bits per heavy atom. The molecule has 0 fully saturated rings. The van der Waals surface area contributed by atoms with Crippen LogP contribution in [0.2, 0.25) is 0 Å². The summed E-state index contributed by atoms with van der Waals surface area (Å²) in [5.74, 6) is 0. The molecule has 0 aliphatic heterocycles. The van der Waals surface area contributed by atoms with Gasteiger partial charge in [-0.05, 0) is 39.9 Å². The van der Waals surface area contributed by atoms with E-state index in [0.717, 1.165) is 12.0 Å². The third-order valence-electron chi connectivity index (χ3n) is 2.67. The van der Waals surface area contributed by atoms with Gasteiger partial charge in [0, 0.05) is 6.07 Å². The number of benzene rings is 1. The lowest BCUT2D eigenvalue weighted by Crippen LogP contribution is -2.22. The van der Waals surface area contributed by atoms with Crippen molar-refractivity contribution in [2.75, 3.05) is 6.54 Å². The Bertz CT molecular complexity index is 405. The van der Waals surface area contributed by atoms with Crippen LogP contribution < -0.4 is 5.73 Å². The maximum Gasteiger partial charge on any atom is 0.283 e. The van der Waals surface area contributed by atoms with Gasteiger partial charge in [0.2, 0.25) is 0 Å². The summed E-state index contributed by atoms with van der Waals surface area (Å²) < 4.78 is 0.554. The Morgan fingerprint density at radius 3 is 2.62 bits per heavy atom. The van der Waals surface area contributed by atoms with Crippen molar-refractivity contribution >= 4 is 21.6 Å². The van der Waals surface area contributed by atoms with Gasteiger partial charge in [-0.15, -0.1) is 0 Å². The number of hydrogen-bond donors (Lipinski definition) is 1. The van der Waals surface area contributed by atoms with Crippen molar-refractivity contribution in [1.82, 2.24) is 0 Å². The van der Waals surface area contributed by atoms with Crippen LogP contribution in [-0.4, -0.2) is 11.5 Å². The minimum absolute atomic E-state index is 0.0996. The highest BCUT2D eigenvalue weighted by Gasteiger charge is 2.26. The summed E-state index contributed by atoms with van der Waals surface area (Å²) in [7, 11) is 0. The molecule has 0 amide bonds. The fourth-order valence-electron chi connectivity index (χ4n) is 1.68. The Hall–Kier alpha value is -0.940. The standard InChI is InChI=1S/C11H15BrN2O2/c1-11(2,6-7-13)8-4-3-5-9(10(8)12)14(15)16/h3-5H,6-7,13H2,1-2H3. The molecule has 16 heavy (non-hydrogen) atoms. The van der Waals surface area contributed by atoms with Crippen molar-refractivity contribution in [3.8, 4) is 0 Å². The van der Waals surface area contributed by atoms with Crippen molar-refractivity contribution in [3.05, 3.63) is 38.3 Å². The van der Waals surface area contributed by atoms with Gasteiger partial charge in [-0.2, -0.15) is 0 Å². The molecule has 1 rings (SSSR count). The van der Waals surface area contributed by atoms with Crippen LogP contribution in [0.1, 0.15) is 25.8 Å². The minimum atomic E-state index is -0.383. The highest BCUT2D eigenvalue weighted by molar-refractivity contribution is 9.10. The van der Waals surface area contributed by atoms with Crippen LogP contribution in [0.25, 0.3) is 0 Å². The average molecular weight is 287 g/mol. The summed E-state index contributed by atoms with van der Waals surface area (Å²) in [5, 5.41) is 10.8. The Balaban J connectivity index is 3.25. The smallest absolute Gasteiger partial charge is 0.283 e. The topological polar surface area (TPSA) is 69.2 Å². The first-order chi connectivity index (χ1) is 7.40. The molecule has 1 aromatic carbocycles. The van der Waals surface area contributed by atoms with Gasteiger partial charge < -0.3 is 5.73 Å². The molecule has 2 N–H and O–H groups in total. The highest BCUT2D eigenvalue weighted by atomic mass is 79.9. The predicted octanol–water partition coefficient (Wildman–Crippen LogP) is 2.98. The molecule has 4 nitrogen and oxygen atoms in total. The molecule has 0 saturated carbocycles. The van der Waals surface area contributed by atoms with E-state index in [1.807, 2.05) is 19.9 Å². The Morgan fingerprint density at radius 2 is 2.12 bits per heavy atom. The number of hydrogen-bond acceptors (Lipinski definition) is 3. The molecule has 0 aromatic heterocycles. The number of halogens is 1. The predicted molar refractivity (Wildman–Crippen MR) is 67.5 cm³/mol. The summed E-state index contributed by atoms with van der Waals surface area (Å²) in [6.45, 7) is 4.62. The fourth-order valence-corrected chi connectivity index (χ4v) is 2.62. The lowest BCUT2D eigenvalue weighted by atomic mass is 9.81. The van der Waals surface area contributed by atoms with Crippen LogP contribution in [-0.2, 0) is 5.41 Å². The third kappa shape index (κ3) is 2.59. The summed E-state index contributed by atoms with van der Waals surface area (Å²) in [6, 6.07) is 5.09. The van der Waals surface area contributed by atoms with E-state index < -0.39 is 0 Å². The van der Waals surface area contributed by atoms with Crippen LogP contribution in [0.5, 0.6) is 0 Å². The van der Waals surface area contributed by atoms with Crippen LogP contribution in [0.4, 0.5) is 5.69 Å². The molecular weight excluding hydrogens is 272 g/mol.